The van der Waals surface area contributed by atoms with E-state index >= 15 is 8.78 Å². The number of halogens is 3. The summed E-state index contributed by atoms with van der Waals surface area (Å²) in [7, 11) is 3.98. The van der Waals surface area contributed by atoms with Crippen molar-refractivity contribution in [2.24, 2.45) is 11.3 Å². The number of hydrogen-bond donors (Lipinski definition) is 2. The van der Waals surface area contributed by atoms with Crippen LogP contribution in [0, 0.1) is 34.3 Å². The molecule has 4 aromatic rings. The van der Waals surface area contributed by atoms with Gasteiger partial charge in [-0.1, -0.05) is 17.7 Å². The Balaban J connectivity index is 1.49. The Kier molecular flexibility index (Phi) is 10.0. The molecule has 1 aliphatic carbocycles. The van der Waals surface area contributed by atoms with Gasteiger partial charge in [0.05, 0.1) is 27.8 Å². The number of benzene rings is 2. The van der Waals surface area contributed by atoms with Gasteiger partial charge in [-0.25, -0.2) is 13.6 Å². The van der Waals surface area contributed by atoms with E-state index < -0.39 is 35.2 Å². The summed E-state index contributed by atoms with van der Waals surface area (Å²) >= 11 is 7.70. The van der Waals surface area contributed by atoms with Gasteiger partial charge in [-0.15, -0.1) is 11.3 Å². The van der Waals surface area contributed by atoms with Crippen LogP contribution in [-0.2, 0) is 9.53 Å². The predicted molar refractivity (Wildman–Crippen MR) is 193 cm³/mol. The average Bonchev–Trinajstić information content (AvgIpc) is 3.76. The number of aromatic nitrogens is 2. The number of amides is 1. The van der Waals surface area contributed by atoms with Crippen LogP contribution < -0.4 is 15.0 Å². The summed E-state index contributed by atoms with van der Waals surface area (Å²) in [5, 5.41) is 22.8. The van der Waals surface area contributed by atoms with Crippen LogP contribution in [0.4, 0.5) is 24.4 Å². The summed E-state index contributed by atoms with van der Waals surface area (Å²) in [6.45, 7) is 7.02. The molecule has 0 bridgehead atoms. The number of carboxylic acid groups (broad SMARTS) is 1. The molecule has 0 spiro atoms. The third-order valence-corrected chi connectivity index (χ3v) is 10.5. The van der Waals surface area contributed by atoms with E-state index in [-0.39, 0.29) is 53.7 Å². The van der Waals surface area contributed by atoms with E-state index in [2.05, 4.69) is 15.2 Å². The Hall–Kier alpha value is -4.32. The normalized spacial score (nSPS) is 17.3. The van der Waals surface area contributed by atoms with Crippen LogP contribution in [0.3, 0.4) is 0 Å². The van der Waals surface area contributed by atoms with Crippen LogP contribution in [0.15, 0.2) is 18.2 Å². The number of carbonyl (C=O) groups is 2. The number of rotatable bonds is 9. The zero-order chi connectivity index (χ0) is 36.8. The smallest absolute Gasteiger partial charge is 0.412 e. The highest BCUT2D eigenvalue weighted by molar-refractivity contribution is 7.23. The van der Waals surface area contributed by atoms with Crippen molar-refractivity contribution >= 4 is 66.8 Å². The molecular formula is C36H39ClF2N6O5S. The van der Waals surface area contributed by atoms with E-state index in [9.17, 15) is 20.0 Å². The molecule has 2 fully saturated rings. The lowest BCUT2D eigenvalue weighted by atomic mass is 9.97. The quantitative estimate of drug-likeness (QED) is 0.173. The van der Waals surface area contributed by atoms with Gasteiger partial charge in [-0.05, 0) is 84.7 Å². The van der Waals surface area contributed by atoms with Gasteiger partial charge in [0.1, 0.15) is 33.8 Å². The van der Waals surface area contributed by atoms with Crippen molar-refractivity contribution in [1.82, 2.24) is 14.9 Å². The molecule has 15 heteroatoms. The fraction of sp³-hybridized carbons (Fsp3) is 0.472. The highest BCUT2D eigenvalue weighted by atomic mass is 35.5. The fourth-order valence-corrected chi connectivity index (χ4v) is 8.01. The highest BCUT2D eigenvalue weighted by Crippen LogP contribution is 2.48. The minimum atomic E-state index is -0.858. The first-order chi connectivity index (χ1) is 24.1. The van der Waals surface area contributed by atoms with Crippen molar-refractivity contribution in [3.8, 4) is 23.2 Å². The van der Waals surface area contributed by atoms with Crippen LogP contribution in [0.5, 0.6) is 6.01 Å². The molecule has 1 saturated carbocycles. The number of ether oxygens (including phenoxy) is 2. The third kappa shape index (κ3) is 7.66. The second kappa shape index (κ2) is 14.0. The minimum Gasteiger partial charge on any atom is -0.481 e. The fourth-order valence-electron chi connectivity index (χ4n) is 6.65. The Morgan fingerprint density at radius 3 is 2.61 bits per heavy atom. The van der Waals surface area contributed by atoms with Gasteiger partial charge < -0.3 is 24.4 Å². The van der Waals surface area contributed by atoms with Crippen LogP contribution in [0.25, 0.3) is 32.1 Å². The number of fused-ring (bicyclic) bond motifs is 2. The maximum atomic E-state index is 17.1. The number of anilines is 2. The Labute approximate surface area is 303 Å². The Morgan fingerprint density at radius 1 is 1.22 bits per heavy atom. The van der Waals surface area contributed by atoms with Crippen LogP contribution in [0.2, 0.25) is 5.02 Å². The van der Waals surface area contributed by atoms with Crippen molar-refractivity contribution in [2.45, 2.75) is 58.5 Å². The molecule has 1 unspecified atom stereocenters. The zero-order valence-corrected chi connectivity index (χ0v) is 30.6. The van der Waals surface area contributed by atoms with Gasteiger partial charge in [0.25, 0.3) is 0 Å². The molecule has 6 rings (SSSR count). The Morgan fingerprint density at radius 2 is 1.96 bits per heavy atom. The highest BCUT2D eigenvalue weighted by Gasteiger charge is 2.44. The molecule has 1 saturated heterocycles. The van der Waals surface area contributed by atoms with E-state index in [1.165, 1.54) is 12.1 Å². The summed E-state index contributed by atoms with van der Waals surface area (Å²) in [6, 6.07) is 6.04. The lowest BCUT2D eigenvalue weighted by molar-refractivity contribution is -0.142. The number of nitrogens with one attached hydrogen (secondary N) is 1. The maximum Gasteiger partial charge on any atom is 0.412 e. The number of aliphatic carboxylic acids is 1. The zero-order valence-electron chi connectivity index (χ0n) is 29.0. The van der Waals surface area contributed by atoms with Crippen LogP contribution >= 0.6 is 22.9 Å². The molecule has 270 valence electrons. The second-order valence-corrected chi connectivity index (χ2v) is 16.0. The number of thiophene rings is 1. The molecule has 1 atom stereocenters. The number of carbonyl (C=O) groups excluding carboxylic acids is 1. The summed E-state index contributed by atoms with van der Waals surface area (Å²) in [6.07, 6.45) is 2.56. The monoisotopic (exact) mass is 740 g/mol. The molecule has 51 heavy (non-hydrogen) atoms. The molecule has 3 heterocycles. The summed E-state index contributed by atoms with van der Waals surface area (Å²) in [4.78, 5) is 37.7. The lowest BCUT2D eigenvalue weighted by Crippen LogP contribution is -2.29. The molecule has 2 aromatic carbocycles. The molecule has 2 aromatic heterocycles. The van der Waals surface area contributed by atoms with Crippen molar-refractivity contribution in [3.63, 3.8) is 0 Å². The van der Waals surface area contributed by atoms with E-state index in [4.69, 9.17) is 26.1 Å². The van der Waals surface area contributed by atoms with Crippen molar-refractivity contribution < 1.29 is 33.0 Å². The van der Waals surface area contributed by atoms with Crippen molar-refractivity contribution in [3.05, 3.63) is 40.4 Å². The average molecular weight is 741 g/mol. The van der Waals surface area contributed by atoms with Gasteiger partial charge in [-0.3, -0.25) is 10.1 Å². The van der Waals surface area contributed by atoms with Gasteiger partial charge in [-0.2, -0.15) is 15.2 Å². The SMILES string of the molecule is CN(C)CC1(COc2nc(N3CCCC(C(=O)O)CC3)c3cc(Cl)c(-c4ccc(F)c5sc(NC(=O)OC(C)(C)C)c(C#N)c45)c(F)c3n2)CC1. The van der Waals surface area contributed by atoms with Gasteiger partial charge in [0.15, 0.2) is 5.82 Å². The number of nitriles is 1. The summed E-state index contributed by atoms with van der Waals surface area (Å²) < 4.78 is 44.0. The summed E-state index contributed by atoms with van der Waals surface area (Å²) in [5.41, 5.74) is -1.05. The van der Waals surface area contributed by atoms with Gasteiger partial charge in [0.2, 0.25) is 0 Å². The third-order valence-electron chi connectivity index (χ3n) is 9.12. The first-order valence-electron chi connectivity index (χ1n) is 16.7. The largest absolute Gasteiger partial charge is 0.481 e. The van der Waals surface area contributed by atoms with Crippen molar-refractivity contribution in [2.75, 3.05) is 50.6 Å². The molecule has 1 amide bonds. The molecule has 1 aliphatic heterocycles. The number of carboxylic acids is 1. The lowest BCUT2D eigenvalue weighted by Gasteiger charge is -2.25. The van der Waals surface area contributed by atoms with Gasteiger partial charge >= 0.3 is 18.1 Å². The first-order valence-corrected chi connectivity index (χ1v) is 17.9. The standard InChI is InChI=1S/C36H39ClF2N6O5S/c1-35(2,3)50-34(48)43-31-22(16-40)25-20(8-9-24(38)29(25)51-31)26-23(37)15-21-28(27(26)39)41-33(49-18-36(11-12-36)17-44(4)5)42-30(21)45-13-6-7-19(10-14-45)32(46)47/h8-9,15,19H,6-7,10-14,17-18H2,1-5H3,(H,43,48)(H,46,47). The van der Waals surface area contributed by atoms with E-state index in [0.717, 1.165) is 36.8 Å². The molecule has 2 N–H and O–H groups in total. The van der Waals surface area contributed by atoms with E-state index in [1.54, 1.807) is 20.8 Å². The Bertz CT molecular complexity index is 2070. The molecular weight excluding hydrogens is 702 g/mol. The number of nitrogens with zero attached hydrogens (tertiary/aromatic N) is 5. The van der Waals surface area contributed by atoms with Crippen LogP contribution in [-0.4, -0.2) is 78.0 Å². The van der Waals surface area contributed by atoms with E-state index in [0.29, 0.717) is 50.2 Å². The molecule has 2 aliphatic rings. The number of hydrogen-bond acceptors (Lipinski definition) is 10. The first kappa shape index (κ1) is 36.5. The van der Waals surface area contributed by atoms with Crippen molar-refractivity contribution in [1.29, 1.82) is 5.26 Å². The topological polar surface area (TPSA) is 141 Å². The predicted octanol–water partition coefficient (Wildman–Crippen LogP) is 8.07. The van der Waals surface area contributed by atoms with Crippen LogP contribution in [0.1, 0.15) is 58.4 Å². The molecule has 0 radical (unpaired) electrons. The maximum absolute atomic E-state index is 17.1. The minimum absolute atomic E-state index is 0.0197. The van der Waals surface area contributed by atoms with E-state index in [1.807, 2.05) is 25.1 Å². The summed E-state index contributed by atoms with van der Waals surface area (Å²) in [5.74, 6) is -2.50. The van der Waals surface area contributed by atoms with Gasteiger partial charge in [0, 0.05) is 41.4 Å². The molecule has 11 nitrogen and oxygen atoms in total. The second-order valence-electron chi connectivity index (χ2n) is 14.6.